The van der Waals surface area contributed by atoms with Crippen molar-refractivity contribution in [3.05, 3.63) is 24.3 Å². The summed E-state index contributed by atoms with van der Waals surface area (Å²) >= 11 is 0.312. The molecule has 91 valence electrons. The van der Waals surface area contributed by atoms with Crippen LogP contribution in [0.15, 0.2) is 18.2 Å². The van der Waals surface area contributed by atoms with Crippen LogP contribution in [0.2, 0.25) is 11.5 Å². The zero-order chi connectivity index (χ0) is 12.2. The smallest absolute Gasteiger partial charge is 0 e. The third kappa shape index (κ3) is 72.2. The maximum Gasteiger partial charge on any atom is 0 e. The summed E-state index contributed by atoms with van der Waals surface area (Å²) in [6.07, 6.45) is 10.0. The summed E-state index contributed by atoms with van der Waals surface area (Å²) in [6.45, 7) is 0. The molecule has 0 amide bonds. The molecule has 0 bridgehead atoms. The van der Waals surface area contributed by atoms with E-state index in [1.54, 1.807) is 0 Å². The summed E-state index contributed by atoms with van der Waals surface area (Å²) in [7, 11) is 3.00. The number of rotatable bonds is 0. The van der Waals surface area contributed by atoms with Crippen LogP contribution in [0.3, 0.4) is 0 Å². The predicted octanol–water partition coefficient (Wildman–Crippen LogP) is 0.648. The van der Waals surface area contributed by atoms with Crippen LogP contribution in [0, 0.1) is 6.08 Å². The molecule has 0 unspecified atom stereocenters. The molecule has 0 aromatic carbocycles. The average Bonchev–Trinajstić information content (AvgIpc) is 2.85. The molecule has 0 aromatic rings. The molecule has 0 saturated heterocycles. The fraction of sp³-hybridized carbons (Fsp3) is 0.600. The molecule has 0 fully saturated rings. The molecule has 1 rings (SSSR count). The van der Waals surface area contributed by atoms with Crippen LogP contribution >= 0.6 is 0 Å². The van der Waals surface area contributed by atoms with Crippen molar-refractivity contribution in [2.75, 3.05) is 21.3 Å². The molecule has 0 atom stereocenters. The number of aliphatic hydroxyl groups excluding tert-OH is 3. The quantitative estimate of drug-likeness (QED) is 0.441. The molecule has 3 nitrogen and oxygen atoms in total. The van der Waals surface area contributed by atoms with Crippen molar-refractivity contribution in [2.45, 2.75) is 17.9 Å². The maximum absolute atomic E-state index is 7.00. The first kappa shape index (κ1) is 29.7. The molecule has 1 radical (unpaired) electrons. The van der Waals surface area contributed by atoms with Gasteiger partial charge in [-0.25, -0.2) is 12.2 Å². The summed E-state index contributed by atoms with van der Waals surface area (Å²) in [5.74, 6) is 4.56. The predicted molar refractivity (Wildman–Crippen MR) is 64.9 cm³/mol. The molecular weight excluding hydrogens is 332 g/mol. The fourth-order valence-electron chi connectivity index (χ4n) is 0.340. The van der Waals surface area contributed by atoms with Crippen LogP contribution in [0.5, 0.6) is 0 Å². The molecule has 0 spiro atoms. The molecule has 0 aromatic heterocycles. The number of aliphatic hydroxyl groups is 3. The zero-order valence-electron chi connectivity index (χ0n) is 10.4. The largest absolute Gasteiger partial charge is 0 e. The third-order valence-electron chi connectivity index (χ3n) is 0.586. The Kier molecular flexibility index (Phi) is 121. The van der Waals surface area contributed by atoms with E-state index in [2.05, 4.69) is 23.7 Å². The van der Waals surface area contributed by atoms with E-state index in [0.717, 1.165) is 27.8 Å². The van der Waals surface area contributed by atoms with Gasteiger partial charge < -0.3 is 15.3 Å². The van der Waals surface area contributed by atoms with E-state index in [0.29, 0.717) is 15.4 Å². The van der Waals surface area contributed by atoms with Crippen molar-refractivity contribution in [1.29, 1.82) is 0 Å². The first-order valence-electron chi connectivity index (χ1n) is 4.21. The molecule has 5 heteroatoms. The minimum atomic E-state index is 0. The van der Waals surface area contributed by atoms with Crippen LogP contribution in [0.25, 0.3) is 0 Å². The first-order chi connectivity index (χ1) is 6.91. The van der Waals surface area contributed by atoms with Gasteiger partial charge in [-0.1, -0.05) is 0 Å². The molecule has 1 aliphatic carbocycles. The Labute approximate surface area is 120 Å². The standard InChI is InChI=1S/C5H5.C2H7Ge.3CH4O.Zr/c1-2-4-5-3-1;1-3-2;3*1-2;/h1-3H,4H2;3H,1-2H3;3*2H,1H3;/q-1;;;;;. The monoisotopic (exact) mass is 356 g/mol. The SMILES string of the molecule is CO.CO.CO.[C-]1=CC=CC1.[CH3][GeH][CH3].[Zr]. The van der Waals surface area contributed by atoms with Gasteiger partial charge in [0.15, 0.2) is 0 Å². The van der Waals surface area contributed by atoms with Gasteiger partial charge in [0.25, 0.3) is 0 Å². The Morgan fingerprint density at radius 2 is 1.33 bits per heavy atom. The molecule has 15 heavy (non-hydrogen) atoms. The van der Waals surface area contributed by atoms with Crippen molar-refractivity contribution in [1.82, 2.24) is 0 Å². The molecule has 3 N–H and O–H groups in total. The Bertz CT molecular complexity index is 88.7. The number of allylic oxidation sites excluding steroid dienone is 4. The minimum Gasteiger partial charge on any atom is 0 e. The summed E-state index contributed by atoms with van der Waals surface area (Å²) in [5, 5.41) is 21.0. The van der Waals surface area contributed by atoms with Gasteiger partial charge in [0, 0.05) is 47.5 Å². The molecule has 0 heterocycles. The van der Waals surface area contributed by atoms with E-state index in [9.17, 15) is 0 Å². The van der Waals surface area contributed by atoms with Crippen molar-refractivity contribution < 1.29 is 41.5 Å². The second-order valence-corrected chi connectivity index (χ2v) is 4.00. The van der Waals surface area contributed by atoms with E-state index in [1.165, 1.54) is 0 Å². The minimum absolute atomic E-state index is 0. The van der Waals surface area contributed by atoms with Crippen molar-refractivity contribution in [3.63, 3.8) is 0 Å². The second-order valence-electron chi connectivity index (χ2n) is 1.58. The Morgan fingerprint density at radius 3 is 1.40 bits per heavy atom. The Morgan fingerprint density at radius 1 is 1.00 bits per heavy atom. The van der Waals surface area contributed by atoms with E-state index in [-0.39, 0.29) is 26.2 Å². The molecule has 0 saturated carbocycles. The normalized spacial score (nSPS) is 8.27. The van der Waals surface area contributed by atoms with Crippen LogP contribution in [-0.2, 0) is 26.2 Å². The summed E-state index contributed by atoms with van der Waals surface area (Å²) < 4.78 is 0. The van der Waals surface area contributed by atoms with Gasteiger partial charge in [0.2, 0.25) is 0 Å². The van der Waals surface area contributed by atoms with Crippen LogP contribution in [0.4, 0.5) is 0 Å². The van der Waals surface area contributed by atoms with Gasteiger partial charge in [-0.2, -0.15) is 6.08 Å². The fourth-order valence-corrected chi connectivity index (χ4v) is 0.340. The molecule has 1 aliphatic rings. The summed E-state index contributed by atoms with van der Waals surface area (Å²) in [5.41, 5.74) is 0. The van der Waals surface area contributed by atoms with E-state index in [1.807, 2.05) is 12.2 Å². The van der Waals surface area contributed by atoms with Crippen molar-refractivity contribution in [3.8, 4) is 0 Å². The Balaban J connectivity index is -0.0000000299. The topological polar surface area (TPSA) is 60.7 Å². The van der Waals surface area contributed by atoms with E-state index < -0.39 is 0 Å². The zero-order valence-corrected chi connectivity index (χ0v) is 15.2. The van der Waals surface area contributed by atoms with Crippen LogP contribution in [-0.4, -0.2) is 52.1 Å². The Hall–Kier alpha value is 0.786. The van der Waals surface area contributed by atoms with Gasteiger partial charge >= 0.3 is 26.9 Å². The number of hydrogen-bond acceptors (Lipinski definition) is 3. The third-order valence-corrected chi connectivity index (χ3v) is 0.586. The van der Waals surface area contributed by atoms with E-state index in [4.69, 9.17) is 15.3 Å². The summed E-state index contributed by atoms with van der Waals surface area (Å²) in [6, 6.07) is 0. The van der Waals surface area contributed by atoms with Crippen LogP contribution < -0.4 is 0 Å². The van der Waals surface area contributed by atoms with Gasteiger partial charge in [0.05, 0.1) is 0 Å². The summed E-state index contributed by atoms with van der Waals surface area (Å²) in [4.78, 5) is 0. The molecular formula is C10H24GeO3Zr-. The van der Waals surface area contributed by atoms with Gasteiger partial charge in [0.1, 0.15) is 0 Å². The first-order valence-corrected chi connectivity index (χ1v) is 9.06. The number of hydrogen-bond donors (Lipinski definition) is 3. The average molecular weight is 356 g/mol. The second kappa shape index (κ2) is 61.0. The van der Waals surface area contributed by atoms with Crippen molar-refractivity contribution in [2.24, 2.45) is 0 Å². The van der Waals surface area contributed by atoms with Gasteiger partial charge in [-0.05, 0) is 0 Å². The molecule has 0 aliphatic heterocycles. The van der Waals surface area contributed by atoms with Gasteiger partial charge in [-0.15, -0.1) is 6.42 Å². The van der Waals surface area contributed by atoms with E-state index >= 15 is 0 Å². The maximum atomic E-state index is 7.00. The van der Waals surface area contributed by atoms with Crippen LogP contribution in [0.1, 0.15) is 6.42 Å². The van der Waals surface area contributed by atoms with Crippen molar-refractivity contribution >= 4 is 15.4 Å². The van der Waals surface area contributed by atoms with Gasteiger partial charge in [-0.3, -0.25) is 6.08 Å².